The third kappa shape index (κ3) is 4.02. The van der Waals surface area contributed by atoms with Gasteiger partial charge in [-0.3, -0.25) is 9.59 Å². The van der Waals surface area contributed by atoms with Crippen molar-refractivity contribution in [2.75, 3.05) is 6.61 Å². The Morgan fingerprint density at radius 1 is 1.50 bits per heavy atom. The first kappa shape index (κ1) is 15.6. The van der Waals surface area contributed by atoms with E-state index in [-0.39, 0.29) is 36.0 Å². The normalized spacial score (nSPS) is 9.95. The van der Waals surface area contributed by atoms with Crippen LogP contribution >= 0.6 is 0 Å². The Kier molecular flexibility index (Phi) is 5.59. The molecule has 7 heteroatoms. The first-order valence-electron chi connectivity index (χ1n) is 5.64. The van der Waals surface area contributed by atoms with Crippen LogP contribution in [-0.4, -0.2) is 25.5 Å². The van der Waals surface area contributed by atoms with Crippen LogP contribution in [0.4, 0.5) is 8.78 Å². The molecule has 5 nitrogen and oxygen atoms in total. The molecule has 1 aromatic carbocycles. The van der Waals surface area contributed by atoms with Crippen LogP contribution in [0.1, 0.15) is 28.4 Å². The summed E-state index contributed by atoms with van der Waals surface area (Å²) in [7, 11) is 0. The minimum absolute atomic E-state index is 0.00454. The monoisotopic (exact) mass is 283 g/mol. The predicted molar refractivity (Wildman–Crippen MR) is 63.5 cm³/mol. The molecule has 0 saturated heterocycles. The largest absolute Gasteiger partial charge is 0.466 e. The molecule has 0 bridgehead atoms. The van der Waals surface area contributed by atoms with Gasteiger partial charge in [0.2, 0.25) is 0 Å². The van der Waals surface area contributed by atoms with Crippen molar-refractivity contribution in [1.82, 2.24) is 0 Å². The van der Waals surface area contributed by atoms with E-state index in [1.807, 2.05) is 0 Å². The second-order valence-electron chi connectivity index (χ2n) is 3.64. The van der Waals surface area contributed by atoms with Gasteiger partial charge in [0.1, 0.15) is 5.75 Å². The van der Waals surface area contributed by atoms with Gasteiger partial charge in [0.05, 0.1) is 30.2 Å². The summed E-state index contributed by atoms with van der Waals surface area (Å²) in [6.07, 6.45) is -0.0839. The lowest BCUT2D eigenvalue weighted by Gasteiger charge is -2.13. The highest BCUT2D eigenvalue weighted by atomic mass is 19.3. The third-order valence-electron chi connectivity index (χ3n) is 2.30. The molecule has 0 atom stereocenters. The number of rotatable bonds is 6. The standard InChI is InChI=1S/C13H11F2NO4/c1-2-19-11(18)5-9-3-8(6-16)4-10(7-17)12(9)20-13(14)15/h3-4,7,13H,2,5H2,1H3. The third-order valence-corrected chi connectivity index (χ3v) is 2.30. The number of carbonyl (C=O) groups excluding carboxylic acids is 2. The van der Waals surface area contributed by atoms with Crippen molar-refractivity contribution in [1.29, 1.82) is 5.26 Å². The maximum absolute atomic E-state index is 12.4. The molecule has 0 aromatic heterocycles. The summed E-state index contributed by atoms with van der Waals surface area (Å²) in [5.41, 5.74) is -0.151. The number of alkyl halides is 2. The van der Waals surface area contributed by atoms with Gasteiger partial charge in [0.25, 0.3) is 0 Å². The Morgan fingerprint density at radius 2 is 2.20 bits per heavy atom. The van der Waals surface area contributed by atoms with Crippen LogP contribution in [-0.2, 0) is 16.0 Å². The number of halogens is 2. The maximum Gasteiger partial charge on any atom is 0.387 e. The number of hydrogen-bond donors (Lipinski definition) is 0. The summed E-state index contributed by atoms with van der Waals surface area (Å²) in [4.78, 5) is 22.3. The van der Waals surface area contributed by atoms with Gasteiger partial charge in [-0.1, -0.05) is 0 Å². The van der Waals surface area contributed by atoms with Crippen molar-refractivity contribution in [2.45, 2.75) is 20.0 Å². The van der Waals surface area contributed by atoms with E-state index in [9.17, 15) is 18.4 Å². The number of hydrogen-bond acceptors (Lipinski definition) is 5. The molecule has 0 fully saturated rings. The molecule has 0 unspecified atom stereocenters. The fourth-order valence-electron chi connectivity index (χ4n) is 1.60. The second kappa shape index (κ2) is 7.19. The number of esters is 1. The topological polar surface area (TPSA) is 76.4 Å². The molecule has 106 valence electrons. The zero-order valence-corrected chi connectivity index (χ0v) is 10.6. The molecule has 1 rings (SSSR count). The molecule has 0 aliphatic carbocycles. The van der Waals surface area contributed by atoms with Crippen molar-refractivity contribution >= 4 is 12.3 Å². The summed E-state index contributed by atoms with van der Waals surface area (Å²) < 4.78 is 33.7. The molecule has 0 radical (unpaired) electrons. The summed E-state index contributed by atoms with van der Waals surface area (Å²) in [5, 5.41) is 8.82. The molecule has 0 spiro atoms. The van der Waals surface area contributed by atoms with E-state index in [1.165, 1.54) is 6.07 Å². The van der Waals surface area contributed by atoms with Crippen LogP contribution in [0, 0.1) is 11.3 Å². The van der Waals surface area contributed by atoms with Crippen LogP contribution in [0.3, 0.4) is 0 Å². The van der Waals surface area contributed by atoms with E-state index >= 15 is 0 Å². The highest BCUT2D eigenvalue weighted by Gasteiger charge is 2.18. The lowest BCUT2D eigenvalue weighted by molar-refractivity contribution is -0.142. The Balaban J connectivity index is 3.25. The molecule has 0 N–H and O–H groups in total. The smallest absolute Gasteiger partial charge is 0.387 e. The minimum Gasteiger partial charge on any atom is -0.466 e. The van der Waals surface area contributed by atoms with Gasteiger partial charge in [0, 0.05) is 5.56 Å². The molecule has 0 aliphatic heterocycles. The number of ether oxygens (including phenoxy) is 2. The zero-order valence-electron chi connectivity index (χ0n) is 10.6. The van der Waals surface area contributed by atoms with Crippen LogP contribution in [0.15, 0.2) is 12.1 Å². The fraction of sp³-hybridized carbons (Fsp3) is 0.308. The van der Waals surface area contributed by atoms with Gasteiger partial charge in [-0.15, -0.1) is 0 Å². The Morgan fingerprint density at radius 3 is 2.70 bits per heavy atom. The molecule has 0 aliphatic rings. The van der Waals surface area contributed by atoms with Gasteiger partial charge in [-0.05, 0) is 19.1 Å². The zero-order chi connectivity index (χ0) is 15.1. The Labute approximate surface area is 113 Å². The lowest BCUT2D eigenvalue weighted by Crippen LogP contribution is -2.12. The summed E-state index contributed by atoms with van der Waals surface area (Å²) in [5.74, 6) is -1.08. The van der Waals surface area contributed by atoms with Gasteiger partial charge in [-0.25, -0.2) is 0 Å². The van der Waals surface area contributed by atoms with E-state index in [1.54, 1.807) is 13.0 Å². The van der Waals surface area contributed by atoms with Crippen molar-refractivity contribution in [2.24, 2.45) is 0 Å². The van der Waals surface area contributed by atoms with Gasteiger partial charge in [0.15, 0.2) is 6.29 Å². The van der Waals surface area contributed by atoms with E-state index in [2.05, 4.69) is 4.74 Å². The Bertz CT molecular complexity index is 552. The van der Waals surface area contributed by atoms with Crippen molar-refractivity contribution in [3.63, 3.8) is 0 Å². The van der Waals surface area contributed by atoms with E-state index in [0.29, 0.717) is 0 Å². The van der Waals surface area contributed by atoms with E-state index in [4.69, 9.17) is 10.00 Å². The van der Waals surface area contributed by atoms with E-state index in [0.717, 1.165) is 6.07 Å². The van der Waals surface area contributed by atoms with E-state index < -0.39 is 18.3 Å². The molecule has 20 heavy (non-hydrogen) atoms. The molecular formula is C13H11F2NO4. The summed E-state index contributed by atoms with van der Waals surface area (Å²) in [6, 6.07) is 4.09. The van der Waals surface area contributed by atoms with Gasteiger partial charge >= 0.3 is 12.6 Å². The minimum atomic E-state index is -3.15. The van der Waals surface area contributed by atoms with Crippen LogP contribution in [0.2, 0.25) is 0 Å². The molecular weight excluding hydrogens is 272 g/mol. The lowest BCUT2D eigenvalue weighted by atomic mass is 10.0. The highest BCUT2D eigenvalue weighted by molar-refractivity contribution is 5.83. The SMILES string of the molecule is CCOC(=O)Cc1cc(C#N)cc(C=O)c1OC(F)F. The van der Waals surface area contributed by atoms with Crippen LogP contribution < -0.4 is 4.74 Å². The van der Waals surface area contributed by atoms with Crippen molar-refractivity contribution in [3.8, 4) is 11.8 Å². The maximum atomic E-state index is 12.4. The van der Waals surface area contributed by atoms with Crippen LogP contribution in [0.5, 0.6) is 5.75 Å². The average Bonchev–Trinajstić information content (AvgIpc) is 2.40. The number of benzene rings is 1. The van der Waals surface area contributed by atoms with Crippen molar-refractivity contribution < 1.29 is 27.8 Å². The predicted octanol–water partition coefficient (Wildman–Crippen LogP) is 2.08. The van der Waals surface area contributed by atoms with Gasteiger partial charge < -0.3 is 9.47 Å². The number of nitriles is 1. The number of aldehydes is 1. The first-order valence-corrected chi connectivity index (χ1v) is 5.64. The highest BCUT2D eigenvalue weighted by Crippen LogP contribution is 2.27. The molecule has 1 aromatic rings. The summed E-state index contributed by atoms with van der Waals surface area (Å²) in [6.45, 7) is -1.43. The second-order valence-corrected chi connectivity index (χ2v) is 3.64. The van der Waals surface area contributed by atoms with Crippen LogP contribution in [0.25, 0.3) is 0 Å². The Hall–Kier alpha value is -2.49. The number of nitrogens with zero attached hydrogens (tertiary/aromatic N) is 1. The summed E-state index contributed by atoms with van der Waals surface area (Å²) >= 11 is 0. The molecule has 0 amide bonds. The first-order chi connectivity index (χ1) is 9.51. The molecule has 0 heterocycles. The quantitative estimate of drug-likeness (QED) is 0.590. The van der Waals surface area contributed by atoms with Gasteiger partial charge in [-0.2, -0.15) is 14.0 Å². The fourth-order valence-corrected chi connectivity index (χ4v) is 1.60. The number of carbonyl (C=O) groups is 2. The average molecular weight is 283 g/mol. The molecule has 0 saturated carbocycles. The van der Waals surface area contributed by atoms with Crippen molar-refractivity contribution in [3.05, 3.63) is 28.8 Å².